The van der Waals surface area contributed by atoms with Gasteiger partial charge in [-0.15, -0.1) is 0 Å². The number of hydrogen-bond acceptors (Lipinski definition) is 3. The lowest BCUT2D eigenvalue weighted by molar-refractivity contribution is -0.125. The van der Waals surface area contributed by atoms with Crippen molar-refractivity contribution in [3.05, 3.63) is 107 Å². The number of aryl methyl sites for hydroxylation is 1. The van der Waals surface area contributed by atoms with Gasteiger partial charge in [-0.3, -0.25) is 9.59 Å². The van der Waals surface area contributed by atoms with Crippen LogP contribution in [0.25, 0.3) is 10.9 Å². The van der Waals surface area contributed by atoms with Gasteiger partial charge in [0.15, 0.2) is 0 Å². The van der Waals surface area contributed by atoms with E-state index in [1.54, 1.807) is 7.11 Å². The monoisotopic (exact) mass is 493 g/mol. The van der Waals surface area contributed by atoms with E-state index in [-0.39, 0.29) is 17.9 Å². The first-order chi connectivity index (χ1) is 18.2. The summed E-state index contributed by atoms with van der Waals surface area (Å²) < 4.78 is 5.39. The zero-order valence-corrected chi connectivity index (χ0v) is 20.9. The molecule has 1 aromatic heterocycles. The van der Waals surface area contributed by atoms with Gasteiger partial charge in [0.05, 0.1) is 24.6 Å². The largest absolute Gasteiger partial charge is 0.383 e. The van der Waals surface area contributed by atoms with Gasteiger partial charge in [-0.1, -0.05) is 60.7 Å². The predicted octanol–water partition coefficient (Wildman–Crippen LogP) is 5.29. The fraction of sp³-hybridized carbons (Fsp3) is 0.290. The summed E-state index contributed by atoms with van der Waals surface area (Å²) in [5.74, 6) is -0.687. The Hall–Kier alpha value is -3.90. The Labute approximate surface area is 216 Å². The van der Waals surface area contributed by atoms with Crippen LogP contribution in [0.2, 0.25) is 0 Å². The van der Waals surface area contributed by atoms with E-state index in [0.717, 1.165) is 41.3 Å². The quantitative estimate of drug-likeness (QED) is 0.383. The average Bonchev–Trinajstić information content (AvgIpc) is 3.36. The van der Waals surface area contributed by atoms with Crippen LogP contribution in [0.4, 0.5) is 0 Å². The molecule has 2 N–H and O–H groups in total. The Kier molecular flexibility index (Phi) is 6.26. The van der Waals surface area contributed by atoms with E-state index in [1.807, 2.05) is 65.7 Å². The summed E-state index contributed by atoms with van der Waals surface area (Å²) in [5.41, 5.74) is 5.78. The fourth-order valence-corrected chi connectivity index (χ4v) is 6.16. The molecule has 3 unspecified atom stereocenters. The molecule has 0 fully saturated rings. The van der Waals surface area contributed by atoms with Gasteiger partial charge in [0.1, 0.15) is 0 Å². The number of aromatic nitrogens is 1. The van der Waals surface area contributed by atoms with Crippen molar-refractivity contribution in [3.8, 4) is 0 Å². The number of fused-ring (bicyclic) bond motifs is 3. The molecule has 1 aliphatic carbocycles. The van der Waals surface area contributed by atoms with Gasteiger partial charge in [0.2, 0.25) is 5.91 Å². The van der Waals surface area contributed by atoms with Gasteiger partial charge in [0, 0.05) is 41.9 Å². The second kappa shape index (κ2) is 9.87. The molecule has 1 aliphatic heterocycles. The molecule has 2 amide bonds. The van der Waals surface area contributed by atoms with Crippen molar-refractivity contribution >= 4 is 22.7 Å². The third-order valence-corrected chi connectivity index (χ3v) is 7.88. The maximum atomic E-state index is 14.3. The van der Waals surface area contributed by atoms with Gasteiger partial charge in [0.25, 0.3) is 5.91 Å². The summed E-state index contributed by atoms with van der Waals surface area (Å²) in [6.07, 6.45) is 4.92. The molecule has 0 saturated heterocycles. The van der Waals surface area contributed by atoms with Crippen LogP contribution < -0.4 is 5.32 Å². The van der Waals surface area contributed by atoms with Crippen LogP contribution in [-0.4, -0.2) is 42.0 Å². The summed E-state index contributed by atoms with van der Waals surface area (Å²) in [5, 5.41) is 4.42. The number of benzene rings is 3. The molecule has 0 saturated carbocycles. The molecule has 6 rings (SSSR count). The third kappa shape index (κ3) is 4.11. The Morgan fingerprint density at radius 3 is 2.62 bits per heavy atom. The van der Waals surface area contributed by atoms with Crippen molar-refractivity contribution in [2.45, 2.75) is 37.3 Å². The molecule has 37 heavy (non-hydrogen) atoms. The number of carbonyl (C=O) groups is 2. The van der Waals surface area contributed by atoms with Gasteiger partial charge >= 0.3 is 0 Å². The summed E-state index contributed by atoms with van der Waals surface area (Å²) in [6, 6.07) is 23.5. The summed E-state index contributed by atoms with van der Waals surface area (Å²) in [6.45, 7) is 0.779. The molecule has 188 valence electrons. The standard InChI is InChI=1S/C31H31N3O3/c1-37-18-17-34-29(25-19-32-26-15-7-6-12-22(25)26)28(23-13-4-5-14-24(23)31(34)36)30(35)33-27-16-8-10-20-9-2-3-11-21(20)27/h2-7,9,11-15,19,27-29,32H,8,10,16-18H2,1H3,(H,33,35). The van der Waals surface area contributed by atoms with Gasteiger partial charge < -0.3 is 19.9 Å². The maximum absolute atomic E-state index is 14.3. The number of rotatable bonds is 6. The highest BCUT2D eigenvalue weighted by atomic mass is 16.5. The van der Waals surface area contributed by atoms with Crippen LogP contribution >= 0.6 is 0 Å². The van der Waals surface area contributed by atoms with Crippen molar-refractivity contribution < 1.29 is 14.3 Å². The van der Waals surface area contributed by atoms with Crippen LogP contribution in [0.3, 0.4) is 0 Å². The molecule has 0 spiro atoms. The Balaban J connectivity index is 1.47. The van der Waals surface area contributed by atoms with Gasteiger partial charge in [-0.05, 0) is 48.1 Å². The summed E-state index contributed by atoms with van der Waals surface area (Å²) >= 11 is 0. The fourth-order valence-electron chi connectivity index (χ4n) is 6.16. The molecule has 6 nitrogen and oxygen atoms in total. The molecule has 3 atom stereocenters. The molecule has 4 aromatic rings. The number of carbonyl (C=O) groups excluding carboxylic acids is 2. The lowest BCUT2D eigenvalue weighted by Gasteiger charge is -2.42. The number of ether oxygens (including phenoxy) is 1. The zero-order chi connectivity index (χ0) is 25.4. The van der Waals surface area contributed by atoms with Crippen molar-refractivity contribution in [1.29, 1.82) is 0 Å². The number of H-pyrrole nitrogens is 1. The second-order valence-electron chi connectivity index (χ2n) is 9.94. The van der Waals surface area contributed by atoms with Crippen molar-refractivity contribution in [1.82, 2.24) is 15.2 Å². The topological polar surface area (TPSA) is 74.4 Å². The molecule has 0 bridgehead atoms. The number of hydrogen-bond donors (Lipinski definition) is 2. The highest BCUT2D eigenvalue weighted by molar-refractivity contribution is 6.02. The number of amides is 2. The lowest BCUT2D eigenvalue weighted by Crippen LogP contribution is -2.49. The van der Waals surface area contributed by atoms with E-state index >= 15 is 0 Å². The van der Waals surface area contributed by atoms with Crippen molar-refractivity contribution in [3.63, 3.8) is 0 Å². The number of para-hydroxylation sites is 1. The van der Waals surface area contributed by atoms with Gasteiger partial charge in [-0.2, -0.15) is 0 Å². The average molecular weight is 494 g/mol. The van der Waals surface area contributed by atoms with E-state index in [4.69, 9.17) is 4.74 Å². The van der Waals surface area contributed by atoms with Crippen LogP contribution in [0, 0.1) is 0 Å². The predicted molar refractivity (Wildman–Crippen MR) is 143 cm³/mol. The minimum Gasteiger partial charge on any atom is -0.383 e. The van der Waals surface area contributed by atoms with Crippen molar-refractivity contribution in [2.24, 2.45) is 0 Å². The SMILES string of the molecule is COCCN1C(=O)c2ccccc2C(C(=O)NC2CCCc3ccccc32)C1c1c[nH]c2ccccc12. The normalized spacial score (nSPS) is 20.9. The number of nitrogens with zero attached hydrogens (tertiary/aromatic N) is 1. The molecule has 3 aromatic carbocycles. The van der Waals surface area contributed by atoms with Crippen LogP contribution in [-0.2, 0) is 16.0 Å². The first kappa shape index (κ1) is 23.5. The summed E-state index contributed by atoms with van der Waals surface area (Å²) in [4.78, 5) is 33.3. The minimum absolute atomic E-state index is 0.0433. The van der Waals surface area contributed by atoms with Crippen molar-refractivity contribution in [2.75, 3.05) is 20.3 Å². The minimum atomic E-state index is -0.556. The van der Waals surface area contributed by atoms with E-state index in [2.05, 4.69) is 28.5 Å². The van der Waals surface area contributed by atoms with E-state index < -0.39 is 12.0 Å². The Morgan fingerprint density at radius 1 is 1.00 bits per heavy atom. The smallest absolute Gasteiger partial charge is 0.254 e. The first-order valence-corrected chi connectivity index (χ1v) is 13.0. The maximum Gasteiger partial charge on any atom is 0.254 e. The molecular formula is C31H31N3O3. The number of methoxy groups -OCH3 is 1. The van der Waals surface area contributed by atoms with Crippen LogP contribution in [0.5, 0.6) is 0 Å². The van der Waals surface area contributed by atoms with Gasteiger partial charge in [-0.25, -0.2) is 0 Å². The summed E-state index contributed by atoms with van der Waals surface area (Å²) in [7, 11) is 1.63. The Bertz CT molecular complexity index is 1460. The molecule has 2 heterocycles. The van der Waals surface area contributed by atoms with E-state index in [1.165, 1.54) is 11.1 Å². The van der Waals surface area contributed by atoms with Crippen LogP contribution in [0.1, 0.15) is 63.5 Å². The third-order valence-electron chi connectivity index (χ3n) is 7.88. The molecule has 0 radical (unpaired) electrons. The molecular weight excluding hydrogens is 462 g/mol. The molecule has 2 aliphatic rings. The number of nitrogens with one attached hydrogen (secondary N) is 2. The van der Waals surface area contributed by atoms with Crippen LogP contribution in [0.15, 0.2) is 79.0 Å². The second-order valence-corrected chi connectivity index (χ2v) is 9.94. The zero-order valence-electron chi connectivity index (χ0n) is 20.9. The van der Waals surface area contributed by atoms with E-state index in [0.29, 0.717) is 18.7 Å². The Morgan fingerprint density at radius 2 is 1.76 bits per heavy atom. The first-order valence-electron chi connectivity index (χ1n) is 13.0. The number of aromatic amines is 1. The molecule has 6 heteroatoms. The lowest BCUT2D eigenvalue weighted by atomic mass is 9.78. The highest BCUT2D eigenvalue weighted by Crippen LogP contribution is 2.45. The highest BCUT2D eigenvalue weighted by Gasteiger charge is 2.45. The van der Waals surface area contributed by atoms with E-state index in [9.17, 15) is 9.59 Å².